The van der Waals surface area contributed by atoms with Gasteiger partial charge in [-0.05, 0) is 13.3 Å². The van der Waals surface area contributed by atoms with Crippen molar-refractivity contribution < 1.29 is 13.6 Å². The third-order valence-corrected chi connectivity index (χ3v) is 2.43. The summed E-state index contributed by atoms with van der Waals surface area (Å²) >= 11 is 0. The van der Waals surface area contributed by atoms with Crippen LogP contribution < -0.4 is 10.6 Å². The van der Waals surface area contributed by atoms with Gasteiger partial charge in [-0.3, -0.25) is 10.1 Å². The molecular weight excluding hydrogens is 226 g/mol. The maximum Gasteiger partial charge on any atom is 0.262 e. The van der Waals surface area contributed by atoms with Crippen molar-refractivity contribution in [3.63, 3.8) is 0 Å². The summed E-state index contributed by atoms with van der Waals surface area (Å²) in [6, 6.07) is -0.697. The summed E-state index contributed by atoms with van der Waals surface area (Å²) in [6.45, 7) is 3.39. The van der Waals surface area contributed by atoms with Crippen LogP contribution in [0.2, 0.25) is 0 Å². The van der Waals surface area contributed by atoms with Gasteiger partial charge in [0.1, 0.15) is 0 Å². The van der Waals surface area contributed by atoms with Gasteiger partial charge in [-0.1, -0.05) is 6.92 Å². The van der Waals surface area contributed by atoms with Crippen LogP contribution in [-0.4, -0.2) is 30.5 Å². The molecule has 90 valence electrons. The highest BCUT2D eigenvalue weighted by atomic mass is 35.5. The minimum atomic E-state index is -2.74. The molecule has 0 radical (unpaired) electrons. The first-order valence-electron chi connectivity index (χ1n) is 4.86. The van der Waals surface area contributed by atoms with Gasteiger partial charge in [-0.25, -0.2) is 8.78 Å². The number of hydrogen-bond donors (Lipinski definition) is 2. The molecular formula is C9H17ClF2N2O. The lowest BCUT2D eigenvalue weighted by Gasteiger charge is -2.15. The van der Waals surface area contributed by atoms with Crippen LogP contribution in [0, 0.1) is 0 Å². The van der Waals surface area contributed by atoms with Gasteiger partial charge < -0.3 is 5.32 Å². The standard InChI is InChI=1S/C9H16F2N2O.ClH/c1-3-6(2)13-8(14)7-4-9(10,11)5-12-7;/h6-7,12H,3-5H2,1-2H3,(H,13,14);1H. The van der Waals surface area contributed by atoms with Gasteiger partial charge >= 0.3 is 0 Å². The molecule has 2 N–H and O–H groups in total. The van der Waals surface area contributed by atoms with Gasteiger partial charge in [0, 0.05) is 12.5 Å². The van der Waals surface area contributed by atoms with E-state index >= 15 is 0 Å². The monoisotopic (exact) mass is 242 g/mol. The van der Waals surface area contributed by atoms with Crippen molar-refractivity contribution in [1.29, 1.82) is 0 Å². The Hall–Kier alpha value is -0.420. The Morgan fingerprint density at radius 3 is 2.67 bits per heavy atom. The lowest BCUT2D eigenvalue weighted by atomic mass is 10.1. The predicted octanol–water partition coefficient (Wildman–Crippen LogP) is 1.32. The zero-order valence-electron chi connectivity index (χ0n) is 8.85. The quantitative estimate of drug-likeness (QED) is 0.784. The van der Waals surface area contributed by atoms with E-state index in [1.165, 1.54) is 0 Å². The van der Waals surface area contributed by atoms with Crippen LogP contribution in [0.5, 0.6) is 0 Å². The fraction of sp³-hybridized carbons (Fsp3) is 0.889. The highest BCUT2D eigenvalue weighted by Crippen LogP contribution is 2.25. The van der Waals surface area contributed by atoms with E-state index in [4.69, 9.17) is 0 Å². The number of halogens is 3. The third kappa shape index (κ3) is 4.30. The summed E-state index contributed by atoms with van der Waals surface area (Å²) in [5, 5.41) is 5.19. The number of hydrogen-bond acceptors (Lipinski definition) is 2. The molecule has 2 atom stereocenters. The second-order valence-electron chi connectivity index (χ2n) is 3.81. The summed E-state index contributed by atoms with van der Waals surface area (Å²) in [5.74, 6) is -3.06. The Balaban J connectivity index is 0.00000196. The summed E-state index contributed by atoms with van der Waals surface area (Å²) in [7, 11) is 0. The van der Waals surface area contributed by atoms with Crippen LogP contribution in [0.3, 0.4) is 0 Å². The summed E-state index contributed by atoms with van der Waals surface area (Å²) < 4.78 is 25.5. The molecule has 15 heavy (non-hydrogen) atoms. The van der Waals surface area contributed by atoms with Gasteiger partial charge in [0.25, 0.3) is 5.92 Å². The van der Waals surface area contributed by atoms with Gasteiger partial charge in [-0.15, -0.1) is 12.4 Å². The van der Waals surface area contributed by atoms with E-state index in [2.05, 4.69) is 10.6 Å². The van der Waals surface area contributed by atoms with E-state index < -0.39 is 24.9 Å². The fourth-order valence-electron chi connectivity index (χ4n) is 1.35. The van der Waals surface area contributed by atoms with Crippen molar-refractivity contribution in [2.45, 2.75) is 44.7 Å². The molecule has 0 aromatic carbocycles. The molecule has 1 rings (SSSR count). The molecule has 1 saturated heterocycles. The van der Waals surface area contributed by atoms with Gasteiger partial charge in [0.2, 0.25) is 5.91 Å². The first-order chi connectivity index (χ1) is 6.44. The summed E-state index contributed by atoms with van der Waals surface area (Å²) in [4.78, 5) is 11.4. The lowest BCUT2D eigenvalue weighted by Crippen LogP contribution is -2.43. The first-order valence-corrected chi connectivity index (χ1v) is 4.86. The van der Waals surface area contributed by atoms with Crippen LogP contribution in [-0.2, 0) is 4.79 Å². The number of carbonyl (C=O) groups is 1. The van der Waals surface area contributed by atoms with E-state index in [-0.39, 0.29) is 24.4 Å². The molecule has 1 amide bonds. The zero-order chi connectivity index (χ0) is 10.8. The molecule has 1 heterocycles. The minimum absolute atomic E-state index is 0. The van der Waals surface area contributed by atoms with Crippen LogP contribution in [0.25, 0.3) is 0 Å². The smallest absolute Gasteiger partial charge is 0.262 e. The van der Waals surface area contributed by atoms with Crippen molar-refractivity contribution in [3.8, 4) is 0 Å². The van der Waals surface area contributed by atoms with Crippen LogP contribution in [0.15, 0.2) is 0 Å². The van der Waals surface area contributed by atoms with Crippen molar-refractivity contribution >= 4 is 18.3 Å². The Kier molecular flexibility index (Phi) is 5.45. The zero-order valence-corrected chi connectivity index (χ0v) is 9.66. The van der Waals surface area contributed by atoms with Crippen molar-refractivity contribution in [3.05, 3.63) is 0 Å². The summed E-state index contributed by atoms with van der Waals surface area (Å²) in [5.41, 5.74) is 0. The van der Waals surface area contributed by atoms with Gasteiger partial charge in [0.05, 0.1) is 12.6 Å². The van der Waals surface area contributed by atoms with E-state index in [1.807, 2.05) is 13.8 Å². The number of amides is 1. The summed E-state index contributed by atoms with van der Waals surface area (Å²) in [6.07, 6.45) is 0.407. The molecule has 0 saturated carbocycles. The lowest BCUT2D eigenvalue weighted by molar-refractivity contribution is -0.124. The van der Waals surface area contributed by atoms with E-state index in [0.29, 0.717) is 0 Å². The molecule has 3 nitrogen and oxygen atoms in total. The largest absolute Gasteiger partial charge is 0.352 e. The molecule has 0 bridgehead atoms. The molecule has 0 aliphatic carbocycles. The highest BCUT2D eigenvalue weighted by Gasteiger charge is 2.42. The second-order valence-corrected chi connectivity index (χ2v) is 3.81. The maximum atomic E-state index is 12.7. The average Bonchev–Trinajstić information content (AvgIpc) is 2.46. The Morgan fingerprint density at radius 2 is 2.27 bits per heavy atom. The number of alkyl halides is 2. The van der Waals surface area contributed by atoms with E-state index in [9.17, 15) is 13.6 Å². The van der Waals surface area contributed by atoms with Crippen molar-refractivity contribution in [1.82, 2.24) is 10.6 Å². The maximum absolute atomic E-state index is 12.7. The number of rotatable bonds is 3. The molecule has 1 aliphatic rings. The number of carbonyl (C=O) groups excluding carboxylic acids is 1. The Morgan fingerprint density at radius 1 is 1.67 bits per heavy atom. The molecule has 0 spiro atoms. The van der Waals surface area contributed by atoms with Crippen molar-refractivity contribution in [2.75, 3.05) is 6.54 Å². The van der Waals surface area contributed by atoms with Gasteiger partial charge in [0.15, 0.2) is 0 Å². The fourth-order valence-corrected chi connectivity index (χ4v) is 1.35. The first kappa shape index (κ1) is 14.6. The molecule has 0 aromatic rings. The van der Waals surface area contributed by atoms with E-state index in [1.54, 1.807) is 0 Å². The Labute approximate surface area is 94.4 Å². The Bertz CT molecular complexity index is 226. The molecule has 1 fully saturated rings. The normalized spacial score (nSPS) is 25.5. The van der Waals surface area contributed by atoms with E-state index in [0.717, 1.165) is 6.42 Å². The van der Waals surface area contributed by atoms with Crippen LogP contribution in [0.4, 0.5) is 8.78 Å². The topological polar surface area (TPSA) is 41.1 Å². The second kappa shape index (κ2) is 5.61. The van der Waals surface area contributed by atoms with Crippen LogP contribution >= 0.6 is 12.4 Å². The molecule has 6 heteroatoms. The van der Waals surface area contributed by atoms with Gasteiger partial charge in [-0.2, -0.15) is 0 Å². The predicted molar refractivity (Wildman–Crippen MR) is 56.5 cm³/mol. The van der Waals surface area contributed by atoms with Crippen molar-refractivity contribution in [2.24, 2.45) is 0 Å². The molecule has 0 aromatic heterocycles. The SMILES string of the molecule is CCC(C)NC(=O)C1CC(F)(F)CN1.Cl. The molecule has 1 aliphatic heterocycles. The average molecular weight is 243 g/mol. The molecule has 2 unspecified atom stereocenters. The highest BCUT2D eigenvalue weighted by molar-refractivity contribution is 5.85. The minimum Gasteiger partial charge on any atom is -0.352 e. The van der Waals surface area contributed by atoms with Crippen LogP contribution in [0.1, 0.15) is 26.7 Å². The number of nitrogens with one attached hydrogen (secondary N) is 2. The third-order valence-electron chi connectivity index (χ3n) is 2.43.